The summed E-state index contributed by atoms with van der Waals surface area (Å²) in [5, 5.41) is 23.0. The van der Waals surface area contributed by atoms with Crippen molar-refractivity contribution in [3.05, 3.63) is 24.3 Å². The summed E-state index contributed by atoms with van der Waals surface area (Å²) < 4.78 is 5.47. The second-order valence-corrected chi connectivity index (χ2v) is 19.6. The van der Waals surface area contributed by atoms with E-state index in [2.05, 4.69) is 31.3 Å². The molecule has 378 valence electrons. The number of amides is 1. The predicted octanol–water partition coefficient (Wildman–Crippen LogP) is 17.5. The molecular formula is C58H111NO5. The predicted molar refractivity (Wildman–Crippen MR) is 278 cm³/mol. The fourth-order valence-electron chi connectivity index (χ4n) is 8.81. The van der Waals surface area contributed by atoms with E-state index in [1.807, 2.05) is 6.08 Å². The van der Waals surface area contributed by atoms with Gasteiger partial charge in [0.2, 0.25) is 5.91 Å². The van der Waals surface area contributed by atoms with Crippen LogP contribution in [-0.2, 0) is 14.3 Å². The van der Waals surface area contributed by atoms with Gasteiger partial charge in [-0.25, -0.2) is 0 Å². The van der Waals surface area contributed by atoms with Crippen molar-refractivity contribution in [3.8, 4) is 0 Å². The van der Waals surface area contributed by atoms with Crippen LogP contribution in [0.5, 0.6) is 0 Å². The van der Waals surface area contributed by atoms with Gasteiger partial charge in [-0.3, -0.25) is 9.59 Å². The lowest BCUT2D eigenvalue weighted by molar-refractivity contribution is -0.143. The Morgan fingerprint density at radius 2 is 0.734 bits per heavy atom. The SMILES string of the molecule is CCCCCC/C=C\CCCCCCCC(=O)OCCCCCCCCCCCCCCCCCCCCCCCCCC(=O)NC(CO)C(O)/C=C/CCCCCCCCCCC. The number of carbonyl (C=O) groups is 2. The van der Waals surface area contributed by atoms with Crippen LogP contribution in [0.4, 0.5) is 0 Å². The summed E-state index contributed by atoms with van der Waals surface area (Å²) in [6, 6.07) is -0.625. The van der Waals surface area contributed by atoms with Gasteiger partial charge in [0.25, 0.3) is 0 Å². The molecule has 0 aliphatic carbocycles. The second-order valence-electron chi connectivity index (χ2n) is 19.6. The number of allylic oxidation sites excluding steroid dienone is 3. The molecule has 0 spiro atoms. The summed E-state index contributed by atoms with van der Waals surface area (Å²) in [6.07, 6.45) is 64.9. The molecule has 0 rings (SSSR count). The Bertz CT molecular complexity index is 997. The number of unbranched alkanes of at least 4 members (excludes halogenated alkanes) is 40. The molecule has 0 aliphatic rings. The quantitative estimate of drug-likeness (QED) is 0.0321. The average molecular weight is 903 g/mol. The van der Waals surface area contributed by atoms with Crippen LogP contribution in [0.2, 0.25) is 0 Å². The maximum Gasteiger partial charge on any atom is 0.305 e. The average Bonchev–Trinajstić information content (AvgIpc) is 3.29. The van der Waals surface area contributed by atoms with E-state index in [1.54, 1.807) is 6.08 Å². The molecule has 1 amide bonds. The molecule has 2 atom stereocenters. The lowest BCUT2D eigenvalue weighted by Crippen LogP contribution is -2.45. The van der Waals surface area contributed by atoms with E-state index in [1.165, 1.54) is 238 Å². The minimum atomic E-state index is -0.842. The maximum absolute atomic E-state index is 12.4. The number of rotatable bonds is 53. The highest BCUT2D eigenvalue weighted by molar-refractivity contribution is 5.76. The van der Waals surface area contributed by atoms with Crippen molar-refractivity contribution < 1.29 is 24.5 Å². The van der Waals surface area contributed by atoms with Gasteiger partial charge in [-0.05, 0) is 57.8 Å². The lowest BCUT2D eigenvalue weighted by atomic mass is 10.0. The number of carbonyl (C=O) groups excluding carboxylic acids is 2. The molecule has 0 aliphatic heterocycles. The Balaban J connectivity index is 3.37. The number of aliphatic hydroxyl groups is 2. The van der Waals surface area contributed by atoms with Gasteiger partial charge in [-0.15, -0.1) is 0 Å². The van der Waals surface area contributed by atoms with Crippen LogP contribution in [0.15, 0.2) is 24.3 Å². The molecule has 3 N–H and O–H groups in total. The summed E-state index contributed by atoms with van der Waals surface area (Å²) in [7, 11) is 0. The van der Waals surface area contributed by atoms with Gasteiger partial charge in [-0.1, -0.05) is 263 Å². The van der Waals surface area contributed by atoms with Gasteiger partial charge < -0.3 is 20.3 Å². The molecule has 0 radical (unpaired) electrons. The summed E-state index contributed by atoms with van der Waals surface area (Å²) in [5.74, 6) is -0.0638. The molecule has 0 fully saturated rings. The summed E-state index contributed by atoms with van der Waals surface area (Å²) in [5.41, 5.74) is 0. The van der Waals surface area contributed by atoms with Gasteiger partial charge in [-0.2, -0.15) is 0 Å². The van der Waals surface area contributed by atoms with Gasteiger partial charge in [0.1, 0.15) is 0 Å². The largest absolute Gasteiger partial charge is 0.466 e. The molecule has 0 aromatic carbocycles. The summed E-state index contributed by atoms with van der Waals surface area (Å²) in [4.78, 5) is 24.4. The maximum atomic E-state index is 12.4. The highest BCUT2D eigenvalue weighted by Crippen LogP contribution is 2.17. The minimum Gasteiger partial charge on any atom is -0.466 e. The molecule has 64 heavy (non-hydrogen) atoms. The third-order valence-electron chi connectivity index (χ3n) is 13.2. The van der Waals surface area contributed by atoms with Crippen molar-refractivity contribution in [1.29, 1.82) is 0 Å². The number of aliphatic hydroxyl groups excluding tert-OH is 2. The van der Waals surface area contributed by atoms with Crippen LogP contribution in [0.1, 0.15) is 309 Å². The molecule has 0 heterocycles. The number of nitrogens with one attached hydrogen (secondary N) is 1. The molecule has 0 saturated heterocycles. The number of hydrogen-bond donors (Lipinski definition) is 3. The molecule has 0 saturated carbocycles. The highest BCUT2D eigenvalue weighted by atomic mass is 16.5. The van der Waals surface area contributed by atoms with Crippen LogP contribution in [0.3, 0.4) is 0 Å². The van der Waals surface area contributed by atoms with E-state index >= 15 is 0 Å². The Morgan fingerprint density at radius 1 is 0.422 bits per heavy atom. The van der Waals surface area contributed by atoms with E-state index in [9.17, 15) is 19.8 Å². The lowest BCUT2D eigenvalue weighted by Gasteiger charge is -2.20. The molecule has 0 aromatic rings. The van der Waals surface area contributed by atoms with Crippen LogP contribution in [0, 0.1) is 0 Å². The van der Waals surface area contributed by atoms with Gasteiger partial charge in [0.05, 0.1) is 25.4 Å². The zero-order chi connectivity index (χ0) is 46.5. The number of esters is 1. The van der Waals surface area contributed by atoms with Crippen LogP contribution in [0.25, 0.3) is 0 Å². The first kappa shape index (κ1) is 62.3. The Morgan fingerprint density at radius 3 is 1.12 bits per heavy atom. The zero-order valence-corrected chi connectivity index (χ0v) is 43.0. The van der Waals surface area contributed by atoms with E-state index in [-0.39, 0.29) is 18.5 Å². The standard InChI is InChI=1S/C58H111NO5/c1-3-5-7-9-11-13-15-27-32-36-40-44-48-52-58(63)64-53-49-45-41-37-33-29-26-24-22-20-18-16-17-19-21-23-25-28-31-35-39-43-47-51-57(62)59-55(54-60)56(61)50-46-42-38-34-30-14-12-10-8-6-4-2/h13,15,46,50,55-56,60-61H,3-12,14,16-45,47-49,51-54H2,1-2H3,(H,59,62)/b15-13-,50-46+. The fraction of sp³-hybridized carbons (Fsp3) is 0.897. The van der Waals surface area contributed by atoms with Gasteiger partial charge >= 0.3 is 5.97 Å². The highest BCUT2D eigenvalue weighted by Gasteiger charge is 2.18. The summed E-state index contributed by atoms with van der Waals surface area (Å²) >= 11 is 0. The Kier molecular flexibility index (Phi) is 52.6. The molecule has 2 unspecified atom stereocenters. The van der Waals surface area contributed by atoms with Crippen molar-refractivity contribution >= 4 is 11.9 Å². The number of hydrogen-bond acceptors (Lipinski definition) is 5. The van der Waals surface area contributed by atoms with E-state index < -0.39 is 12.1 Å². The van der Waals surface area contributed by atoms with Crippen molar-refractivity contribution in [2.24, 2.45) is 0 Å². The first-order chi connectivity index (χ1) is 31.5. The fourth-order valence-corrected chi connectivity index (χ4v) is 8.81. The van der Waals surface area contributed by atoms with Crippen molar-refractivity contribution in [1.82, 2.24) is 5.32 Å². The molecule has 6 nitrogen and oxygen atoms in total. The van der Waals surface area contributed by atoms with Gasteiger partial charge in [0.15, 0.2) is 0 Å². The Labute approximate surface area is 399 Å². The van der Waals surface area contributed by atoms with E-state index in [4.69, 9.17) is 4.74 Å². The minimum absolute atomic E-state index is 0.00446. The van der Waals surface area contributed by atoms with Crippen LogP contribution >= 0.6 is 0 Å². The normalized spacial score (nSPS) is 12.8. The molecule has 0 bridgehead atoms. The van der Waals surface area contributed by atoms with Gasteiger partial charge in [0, 0.05) is 12.8 Å². The van der Waals surface area contributed by atoms with Crippen LogP contribution in [-0.4, -0.2) is 47.4 Å². The second kappa shape index (κ2) is 54.0. The first-order valence-electron chi connectivity index (χ1n) is 28.6. The van der Waals surface area contributed by atoms with E-state index in [0.29, 0.717) is 19.4 Å². The van der Waals surface area contributed by atoms with Crippen molar-refractivity contribution in [2.45, 2.75) is 321 Å². The monoisotopic (exact) mass is 902 g/mol. The van der Waals surface area contributed by atoms with Crippen molar-refractivity contribution in [3.63, 3.8) is 0 Å². The first-order valence-corrected chi connectivity index (χ1v) is 28.6. The Hall–Kier alpha value is -1.66. The molecular weight excluding hydrogens is 791 g/mol. The van der Waals surface area contributed by atoms with Crippen LogP contribution < -0.4 is 5.32 Å². The number of ether oxygens (including phenoxy) is 1. The topological polar surface area (TPSA) is 95.9 Å². The summed E-state index contributed by atoms with van der Waals surface area (Å²) in [6.45, 7) is 4.88. The van der Waals surface area contributed by atoms with E-state index in [0.717, 1.165) is 44.9 Å². The molecule has 0 aromatic heterocycles. The third-order valence-corrected chi connectivity index (χ3v) is 13.2. The van der Waals surface area contributed by atoms with Crippen molar-refractivity contribution in [2.75, 3.05) is 13.2 Å². The zero-order valence-electron chi connectivity index (χ0n) is 43.0. The smallest absolute Gasteiger partial charge is 0.305 e. The third kappa shape index (κ3) is 49.8. The molecule has 6 heteroatoms.